The molecule has 4 rings (SSSR count). The summed E-state index contributed by atoms with van der Waals surface area (Å²) in [5.41, 5.74) is 3.71. The number of alkyl carbamates (subject to hydrolysis) is 1. The number of carbonyl (C=O) groups is 1. The minimum Gasteiger partial charge on any atom is -0.493 e. The minimum atomic E-state index is -0.457. The van der Waals surface area contributed by atoms with Gasteiger partial charge in [0.1, 0.15) is 18.1 Å². The third-order valence-corrected chi connectivity index (χ3v) is 5.07. The van der Waals surface area contributed by atoms with E-state index in [0.29, 0.717) is 25.5 Å². The summed E-state index contributed by atoms with van der Waals surface area (Å²) < 4.78 is 17.0. The minimum absolute atomic E-state index is 0.239. The van der Waals surface area contributed by atoms with Crippen molar-refractivity contribution in [3.8, 4) is 17.2 Å². The molecule has 0 aliphatic rings. The second-order valence-electron chi connectivity index (χ2n) is 7.55. The van der Waals surface area contributed by atoms with Gasteiger partial charge in [-0.25, -0.2) is 9.78 Å². The van der Waals surface area contributed by atoms with E-state index in [9.17, 15) is 4.79 Å². The number of oxazole rings is 1. The predicted molar refractivity (Wildman–Crippen MR) is 126 cm³/mol. The van der Waals surface area contributed by atoms with Crippen molar-refractivity contribution in [3.63, 3.8) is 0 Å². The Kier molecular flexibility index (Phi) is 7.38. The molecule has 0 aliphatic carbocycles. The Labute approximate surface area is 193 Å². The van der Waals surface area contributed by atoms with Crippen molar-refractivity contribution in [3.05, 3.63) is 108 Å². The molecule has 0 radical (unpaired) electrons. The number of nitrogens with one attached hydrogen (secondary N) is 1. The number of amides is 1. The van der Waals surface area contributed by atoms with Crippen LogP contribution in [-0.4, -0.2) is 17.7 Å². The van der Waals surface area contributed by atoms with Crippen LogP contribution in [-0.2, 0) is 24.3 Å². The molecule has 1 N–H and O–H groups in total. The van der Waals surface area contributed by atoms with Crippen molar-refractivity contribution in [1.29, 1.82) is 0 Å². The quantitative estimate of drug-likeness (QED) is 0.360. The van der Waals surface area contributed by atoms with Gasteiger partial charge in [-0.05, 0) is 42.3 Å². The molecule has 0 atom stereocenters. The molecule has 0 spiro atoms. The lowest BCUT2D eigenvalue weighted by atomic mass is 10.2. The molecule has 1 heterocycles. The van der Waals surface area contributed by atoms with E-state index in [0.717, 1.165) is 33.9 Å². The first-order valence-corrected chi connectivity index (χ1v) is 10.9. The number of carbonyl (C=O) groups excluding carboxylic acids is 1. The van der Waals surface area contributed by atoms with Gasteiger partial charge in [-0.3, -0.25) is 0 Å². The molecular formula is C27H26N2O4. The summed E-state index contributed by atoms with van der Waals surface area (Å²) in [7, 11) is 0. The number of ether oxygens (including phenoxy) is 2. The van der Waals surface area contributed by atoms with Gasteiger partial charge in [0.05, 0.1) is 12.3 Å². The van der Waals surface area contributed by atoms with Crippen LogP contribution >= 0.6 is 0 Å². The van der Waals surface area contributed by atoms with E-state index in [1.807, 2.05) is 91.9 Å². The fourth-order valence-electron chi connectivity index (χ4n) is 3.32. The van der Waals surface area contributed by atoms with Crippen molar-refractivity contribution < 1.29 is 18.7 Å². The van der Waals surface area contributed by atoms with Crippen molar-refractivity contribution >= 4 is 6.09 Å². The average molecular weight is 443 g/mol. The van der Waals surface area contributed by atoms with Crippen LogP contribution < -0.4 is 10.1 Å². The Balaban J connectivity index is 1.24. The molecule has 33 heavy (non-hydrogen) atoms. The molecule has 0 fully saturated rings. The molecule has 1 amide bonds. The highest BCUT2D eigenvalue weighted by molar-refractivity contribution is 5.67. The SMILES string of the molecule is Cc1oc(-c2ccccc2)nc1CCOc1cccc(CNC(=O)OCc2ccccc2)c1. The number of nitrogens with zero attached hydrogens (tertiary/aromatic N) is 1. The van der Waals surface area contributed by atoms with Crippen LogP contribution in [0.25, 0.3) is 11.5 Å². The first kappa shape index (κ1) is 22.1. The topological polar surface area (TPSA) is 73.6 Å². The van der Waals surface area contributed by atoms with Crippen LogP contribution in [0, 0.1) is 6.92 Å². The van der Waals surface area contributed by atoms with Crippen molar-refractivity contribution in [1.82, 2.24) is 10.3 Å². The molecular weight excluding hydrogens is 416 g/mol. The summed E-state index contributed by atoms with van der Waals surface area (Å²) in [5.74, 6) is 2.15. The number of hydrogen-bond donors (Lipinski definition) is 1. The smallest absolute Gasteiger partial charge is 0.407 e. The van der Waals surface area contributed by atoms with E-state index in [1.54, 1.807) is 0 Å². The monoisotopic (exact) mass is 442 g/mol. The van der Waals surface area contributed by atoms with Gasteiger partial charge in [-0.1, -0.05) is 60.7 Å². The number of hydrogen-bond acceptors (Lipinski definition) is 5. The Morgan fingerprint density at radius 3 is 2.45 bits per heavy atom. The van der Waals surface area contributed by atoms with E-state index in [2.05, 4.69) is 10.3 Å². The molecule has 0 bridgehead atoms. The third-order valence-electron chi connectivity index (χ3n) is 5.07. The maximum atomic E-state index is 12.0. The molecule has 4 aromatic rings. The molecule has 0 saturated carbocycles. The Morgan fingerprint density at radius 2 is 1.67 bits per heavy atom. The zero-order valence-corrected chi connectivity index (χ0v) is 18.5. The zero-order valence-electron chi connectivity index (χ0n) is 18.5. The normalized spacial score (nSPS) is 10.6. The highest BCUT2D eigenvalue weighted by atomic mass is 16.5. The van der Waals surface area contributed by atoms with Crippen LogP contribution in [0.15, 0.2) is 89.3 Å². The standard InChI is InChI=1S/C27H26N2O4/c1-20-25(29-26(33-20)23-12-6-3-7-13-23)15-16-31-24-14-8-11-22(17-24)18-28-27(30)32-19-21-9-4-2-5-10-21/h2-14,17H,15-16,18-19H2,1H3,(H,28,30). The Morgan fingerprint density at radius 1 is 0.939 bits per heavy atom. The maximum absolute atomic E-state index is 12.0. The predicted octanol–water partition coefficient (Wildman–Crippen LogP) is 5.70. The van der Waals surface area contributed by atoms with Crippen molar-refractivity contribution in [2.45, 2.75) is 26.5 Å². The molecule has 0 saturated heterocycles. The number of aromatic nitrogens is 1. The van der Waals surface area contributed by atoms with E-state index >= 15 is 0 Å². The molecule has 6 heteroatoms. The van der Waals surface area contributed by atoms with Gasteiger partial charge in [-0.2, -0.15) is 0 Å². The van der Waals surface area contributed by atoms with E-state index in [4.69, 9.17) is 13.9 Å². The lowest BCUT2D eigenvalue weighted by molar-refractivity contribution is 0.139. The lowest BCUT2D eigenvalue weighted by Crippen LogP contribution is -2.23. The van der Waals surface area contributed by atoms with Gasteiger partial charge in [-0.15, -0.1) is 0 Å². The second kappa shape index (κ2) is 11.0. The largest absolute Gasteiger partial charge is 0.493 e. The van der Waals surface area contributed by atoms with Gasteiger partial charge in [0.25, 0.3) is 0 Å². The summed E-state index contributed by atoms with van der Waals surface area (Å²) in [5, 5.41) is 2.77. The third kappa shape index (κ3) is 6.46. The Hall–Kier alpha value is -4.06. The summed E-state index contributed by atoms with van der Waals surface area (Å²) in [6, 6.07) is 27.0. The molecule has 0 unspecified atom stereocenters. The Bertz CT molecular complexity index is 1170. The fourth-order valence-corrected chi connectivity index (χ4v) is 3.32. The summed E-state index contributed by atoms with van der Waals surface area (Å²) in [6.45, 7) is 2.98. The van der Waals surface area contributed by atoms with Crippen molar-refractivity contribution in [2.75, 3.05) is 6.61 Å². The van der Waals surface area contributed by atoms with Gasteiger partial charge in [0.15, 0.2) is 0 Å². The van der Waals surface area contributed by atoms with Gasteiger partial charge >= 0.3 is 6.09 Å². The summed E-state index contributed by atoms with van der Waals surface area (Å²) in [6.07, 6.45) is 0.178. The van der Waals surface area contributed by atoms with Crippen LogP contribution in [0.5, 0.6) is 5.75 Å². The lowest BCUT2D eigenvalue weighted by Gasteiger charge is -2.09. The molecule has 6 nitrogen and oxygen atoms in total. The first-order valence-electron chi connectivity index (χ1n) is 10.9. The molecule has 168 valence electrons. The summed E-state index contributed by atoms with van der Waals surface area (Å²) in [4.78, 5) is 16.6. The van der Waals surface area contributed by atoms with E-state index in [1.165, 1.54) is 0 Å². The fraction of sp³-hybridized carbons (Fsp3) is 0.185. The highest BCUT2D eigenvalue weighted by Gasteiger charge is 2.11. The van der Waals surface area contributed by atoms with Crippen molar-refractivity contribution in [2.24, 2.45) is 0 Å². The van der Waals surface area contributed by atoms with E-state index < -0.39 is 6.09 Å². The highest BCUT2D eigenvalue weighted by Crippen LogP contribution is 2.22. The summed E-state index contributed by atoms with van der Waals surface area (Å²) >= 11 is 0. The molecule has 0 aliphatic heterocycles. The zero-order chi connectivity index (χ0) is 22.9. The first-order chi connectivity index (χ1) is 16.2. The van der Waals surface area contributed by atoms with Gasteiger partial charge in [0, 0.05) is 18.5 Å². The number of aryl methyl sites for hydroxylation is 1. The van der Waals surface area contributed by atoms with Gasteiger partial charge in [0.2, 0.25) is 5.89 Å². The van der Waals surface area contributed by atoms with Gasteiger partial charge < -0.3 is 19.2 Å². The van der Waals surface area contributed by atoms with E-state index in [-0.39, 0.29) is 6.61 Å². The van der Waals surface area contributed by atoms with Crippen LogP contribution in [0.1, 0.15) is 22.6 Å². The number of rotatable bonds is 9. The maximum Gasteiger partial charge on any atom is 0.407 e. The second-order valence-corrected chi connectivity index (χ2v) is 7.55. The van der Waals surface area contributed by atoms with Crippen LogP contribution in [0.4, 0.5) is 4.79 Å². The average Bonchev–Trinajstić information content (AvgIpc) is 3.23. The molecule has 1 aromatic heterocycles. The molecule has 3 aromatic carbocycles. The number of benzene rings is 3. The van der Waals surface area contributed by atoms with Crippen LogP contribution in [0.3, 0.4) is 0 Å². The van der Waals surface area contributed by atoms with Crippen LogP contribution in [0.2, 0.25) is 0 Å².